The van der Waals surface area contributed by atoms with Crippen LogP contribution < -0.4 is 5.32 Å². The number of nitrogens with one attached hydrogen (secondary N) is 1. The molecule has 5 nitrogen and oxygen atoms in total. The van der Waals surface area contributed by atoms with Crippen LogP contribution in [-0.4, -0.2) is 63.4 Å². The SMILES string of the molecule is COCCN(CC(C)C)CC(NC(C)C)C(=O)OC. The van der Waals surface area contributed by atoms with Crippen molar-refractivity contribution in [1.29, 1.82) is 0 Å². The van der Waals surface area contributed by atoms with Gasteiger partial charge in [-0.2, -0.15) is 0 Å². The van der Waals surface area contributed by atoms with Crippen LogP contribution in [0.2, 0.25) is 0 Å². The van der Waals surface area contributed by atoms with E-state index in [0.29, 0.717) is 19.1 Å². The molecule has 0 aliphatic heterocycles. The lowest BCUT2D eigenvalue weighted by molar-refractivity contribution is -0.144. The average molecular weight is 274 g/mol. The molecule has 0 rings (SSSR count). The molecule has 0 aliphatic rings. The number of hydrogen-bond acceptors (Lipinski definition) is 5. The second-order valence-corrected chi connectivity index (χ2v) is 5.54. The Balaban J connectivity index is 4.55. The number of esters is 1. The second-order valence-electron chi connectivity index (χ2n) is 5.54. The summed E-state index contributed by atoms with van der Waals surface area (Å²) in [5.41, 5.74) is 0. The van der Waals surface area contributed by atoms with E-state index in [1.165, 1.54) is 7.11 Å². The Kier molecular flexibility index (Phi) is 9.83. The first kappa shape index (κ1) is 18.4. The molecule has 0 aromatic heterocycles. The van der Waals surface area contributed by atoms with Gasteiger partial charge in [0.05, 0.1) is 13.7 Å². The molecule has 114 valence electrons. The lowest BCUT2D eigenvalue weighted by Gasteiger charge is -2.29. The molecule has 19 heavy (non-hydrogen) atoms. The Labute approximate surface area is 117 Å². The first-order valence-electron chi connectivity index (χ1n) is 6.95. The summed E-state index contributed by atoms with van der Waals surface area (Å²) in [6.45, 7) is 11.5. The normalized spacial score (nSPS) is 13.3. The molecule has 1 atom stereocenters. The van der Waals surface area contributed by atoms with E-state index in [9.17, 15) is 4.79 Å². The third kappa shape index (κ3) is 8.97. The maximum Gasteiger partial charge on any atom is 0.324 e. The summed E-state index contributed by atoms with van der Waals surface area (Å²) in [5, 5.41) is 3.25. The van der Waals surface area contributed by atoms with Crippen molar-refractivity contribution in [2.45, 2.75) is 39.8 Å². The van der Waals surface area contributed by atoms with Crippen LogP contribution in [0.3, 0.4) is 0 Å². The van der Waals surface area contributed by atoms with Crippen LogP contribution in [0.25, 0.3) is 0 Å². The van der Waals surface area contributed by atoms with Crippen molar-refractivity contribution >= 4 is 5.97 Å². The van der Waals surface area contributed by atoms with E-state index in [2.05, 4.69) is 24.1 Å². The summed E-state index contributed by atoms with van der Waals surface area (Å²) in [7, 11) is 3.12. The van der Waals surface area contributed by atoms with Crippen LogP contribution in [0.5, 0.6) is 0 Å². The zero-order valence-electron chi connectivity index (χ0n) is 13.2. The standard InChI is InChI=1S/C14H30N2O3/c1-11(2)9-16(7-8-18-5)10-13(14(17)19-6)15-12(3)4/h11-13,15H,7-10H2,1-6H3. The molecular formula is C14H30N2O3. The third-order valence-corrected chi connectivity index (χ3v) is 2.70. The fourth-order valence-corrected chi connectivity index (χ4v) is 1.99. The molecule has 1 unspecified atom stereocenters. The first-order valence-corrected chi connectivity index (χ1v) is 6.95. The van der Waals surface area contributed by atoms with Gasteiger partial charge in [-0.3, -0.25) is 9.69 Å². The summed E-state index contributed by atoms with van der Waals surface area (Å²) in [6.07, 6.45) is 0. The minimum Gasteiger partial charge on any atom is -0.468 e. The van der Waals surface area contributed by atoms with Crippen molar-refractivity contribution in [3.8, 4) is 0 Å². The van der Waals surface area contributed by atoms with E-state index in [-0.39, 0.29) is 18.1 Å². The first-order chi connectivity index (χ1) is 8.90. The highest BCUT2D eigenvalue weighted by atomic mass is 16.5. The van der Waals surface area contributed by atoms with E-state index in [1.807, 2.05) is 13.8 Å². The number of rotatable bonds is 10. The van der Waals surface area contributed by atoms with Crippen LogP contribution in [0.4, 0.5) is 0 Å². The molecule has 0 heterocycles. The van der Waals surface area contributed by atoms with Gasteiger partial charge in [0, 0.05) is 32.8 Å². The van der Waals surface area contributed by atoms with Crippen LogP contribution in [0.15, 0.2) is 0 Å². The number of ether oxygens (including phenoxy) is 2. The fraction of sp³-hybridized carbons (Fsp3) is 0.929. The molecule has 5 heteroatoms. The number of methoxy groups -OCH3 is 2. The molecule has 0 aromatic carbocycles. The minimum atomic E-state index is -0.291. The highest BCUT2D eigenvalue weighted by Gasteiger charge is 2.23. The van der Waals surface area contributed by atoms with Gasteiger partial charge in [-0.1, -0.05) is 27.7 Å². The van der Waals surface area contributed by atoms with Crippen molar-refractivity contribution in [2.75, 3.05) is 40.5 Å². The van der Waals surface area contributed by atoms with E-state index in [1.54, 1.807) is 7.11 Å². The molecular weight excluding hydrogens is 244 g/mol. The quantitative estimate of drug-likeness (QED) is 0.605. The van der Waals surface area contributed by atoms with Crippen LogP contribution in [0.1, 0.15) is 27.7 Å². The van der Waals surface area contributed by atoms with Gasteiger partial charge in [0.15, 0.2) is 0 Å². The van der Waals surface area contributed by atoms with E-state index in [0.717, 1.165) is 13.1 Å². The highest BCUT2D eigenvalue weighted by Crippen LogP contribution is 2.02. The lowest BCUT2D eigenvalue weighted by Crippen LogP contribution is -2.50. The van der Waals surface area contributed by atoms with Crippen LogP contribution in [0, 0.1) is 5.92 Å². The van der Waals surface area contributed by atoms with Crippen molar-refractivity contribution < 1.29 is 14.3 Å². The van der Waals surface area contributed by atoms with Gasteiger partial charge in [-0.15, -0.1) is 0 Å². The summed E-state index contributed by atoms with van der Waals surface area (Å²) in [4.78, 5) is 14.0. The molecule has 0 aromatic rings. The maximum atomic E-state index is 11.8. The summed E-state index contributed by atoms with van der Waals surface area (Å²) in [6, 6.07) is -0.0481. The van der Waals surface area contributed by atoms with Crippen molar-refractivity contribution in [1.82, 2.24) is 10.2 Å². The zero-order chi connectivity index (χ0) is 14.8. The summed E-state index contributed by atoms with van der Waals surface area (Å²) in [5.74, 6) is 0.342. The van der Waals surface area contributed by atoms with Gasteiger partial charge in [0.2, 0.25) is 0 Å². The fourth-order valence-electron chi connectivity index (χ4n) is 1.99. The molecule has 0 saturated carbocycles. The Bertz CT molecular complexity index is 245. The molecule has 0 fully saturated rings. The molecule has 1 N–H and O–H groups in total. The van der Waals surface area contributed by atoms with Gasteiger partial charge >= 0.3 is 5.97 Å². The molecule has 0 bridgehead atoms. The molecule has 0 aliphatic carbocycles. The predicted molar refractivity (Wildman–Crippen MR) is 77.2 cm³/mol. The largest absolute Gasteiger partial charge is 0.468 e. The van der Waals surface area contributed by atoms with E-state index < -0.39 is 0 Å². The summed E-state index contributed by atoms with van der Waals surface area (Å²) < 4.78 is 9.99. The third-order valence-electron chi connectivity index (χ3n) is 2.70. The highest BCUT2D eigenvalue weighted by molar-refractivity contribution is 5.75. The van der Waals surface area contributed by atoms with Gasteiger partial charge in [0.25, 0.3) is 0 Å². The van der Waals surface area contributed by atoms with Gasteiger partial charge in [0.1, 0.15) is 6.04 Å². The Hall–Kier alpha value is -0.650. The molecule has 0 radical (unpaired) electrons. The smallest absolute Gasteiger partial charge is 0.324 e. The number of hydrogen-bond donors (Lipinski definition) is 1. The molecule has 0 saturated heterocycles. The van der Waals surface area contributed by atoms with Crippen LogP contribution >= 0.6 is 0 Å². The minimum absolute atomic E-state index is 0.208. The number of carbonyl (C=O) groups is 1. The van der Waals surface area contributed by atoms with Gasteiger partial charge < -0.3 is 14.8 Å². The predicted octanol–water partition coefficient (Wildman–Crippen LogP) is 1.13. The zero-order valence-corrected chi connectivity index (χ0v) is 13.2. The van der Waals surface area contributed by atoms with Crippen LogP contribution in [-0.2, 0) is 14.3 Å². The van der Waals surface area contributed by atoms with Crippen molar-refractivity contribution in [3.05, 3.63) is 0 Å². The summed E-state index contributed by atoms with van der Waals surface area (Å²) >= 11 is 0. The number of nitrogens with zero attached hydrogens (tertiary/aromatic N) is 1. The Morgan fingerprint density at radius 3 is 2.21 bits per heavy atom. The lowest BCUT2D eigenvalue weighted by atomic mass is 10.1. The Morgan fingerprint density at radius 2 is 1.79 bits per heavy atom. The molecule has 0 spiro atoms. The maximum absolute atomic E-state index is 11.8. The van der Waals surface area contributed by atoms with E-state index >= 15 is 0 Å². The molecule has 0 amide bonds. The van der Waals surface area contributed by atoms with Crippen molar-refractivity contribution in [3.63, 3.8) is 0 Å². The second kappa shape index (κ2) is 10.2. The average Bonchev–Trinajstić information content (AvgIpc) is 2.32. The van der Waals surface area contributed by atoms with Crippen molar-refractivity contribution in [2.24, 2.45) is 5.92 Å². The van der Waals surface area contributed by atoms with Gasteiger partial charge in [-0.25, -0.2) is 0 Å². The topological polar surface area (TPSA) is 50.8 Å². The Morgan fingerprint density at radius 1 is 1.16 bits per heavy atom. The van der Waals surface area contributed by atoms with Gasteiger partial charge in [-0.05, 0) is 5.92 Å². The monoisotopic (exact) mass is 274 g/mol. The van der Waals surface area contributed by atoms with E-state index in [4.69, 9.17) is 9.47 Å². The number of carbonyl (C=O) groups excluding carboxylic acids is 1.